The number of rotatable bonds is 9. The van der Waals surface area contributed by atoms with Crippen molar-refractivity contribution in [2.75, 3.05) is 30.3 Å². The van der Waals surface area contributed by atoms with E-state index in [-0.39, 0.29) is 23.3 Å². The fourth-order valence-electron chi connectivity index (χ4n) is 3.09. The van der Waals surface area contributed by atoms with Gasteiger partial charge in [0.15, 0.2) is 0 Å². The molecule has 29 heavy (non-hydrogen) atoms. The number of ether oxygens (including phenoxy) is 1. The van der Waals surface area contributed by atoms with E-state index in [1.54, 1.807) is 24.3 Å². The zero-order chi connectivity index (χ0) is 21.6. The largest absolute Gasteiger partial charge is 0.492 e. The van der Waals surface area contributed by atoms with Crippen LogP contribution in [-0.2, 0) is 6.54 Å². The SMILES string of the molecule is CC(C)CN(CCOc1cccc(C#N)c1)c1c(N)n(CC(C)C)c(=O)[nH]c1=O. The summed E-state index contributed by atoms with van der Waals surface area (Å²) in [6.45, 7) is 9.73. The molecule has 0 aliphatic heterocycles. The molecule has 1 heterocycles. The summed E-state index contributed by atoms with van der Waals surface area (Å²) in [6.07, 6.45) is 0. The van der Waals surface area contributed by atoms with Crippen molar-refractivity contribution >= 4 is 11.5 Å². The third kappa shape index (κ3) is 5.88. The zero-order valence-electron chi connectivity index (χ0n) is 17.4. The molecule has 0 fully saturated rings. The molecule has 0 spiro atoms. The van der Waals surface area contributed by atoms with Gasteiger partial charge in [-0.15, -0.1) is 0 Å². The van der Waals surface area contributed by atoms with Gasteiger partial charge in [0.05, 0.1) is 18.2 Å². The first-order chi connectivity index (χ1) is 13.7. The summed E-state index contributed by atoms with van der Waals surface area (Å²) < 4.78 is 7.17. The second kappa shape index (κ2) is 9.82. The Bertz CT molecular complexity index is 985. The number of H-pyrrole nitrogens is 1. The second-order valence-electron chi connectivity index (χ2n) is 7.83. The predicted molar refractivity (Wildman–Crippen MR) is 114 cm³/mol. The number of benzene rings is 1. The minimum Gasteiger partial charge on any atom is -0.492 e. The summed E-state index contributed by atoms with van der Waals surface area (Å²) in [5.74, 6) is 1.21. The first-order valence-corrected chi connectivity index (χ1v) is 9.73. The molecule has 1 aromatic carbocycles. The zero-order valence-corrected chi connectivity index (χ0v) is 17.4. The number of hydrogen-bond donors (Lipinski definition) is 2. The summed E-state index contributed by atoms with van der Waals surface area (Å²) in [7, 11) is 0. The molecule has 1 aromatic heterocycles. The lowest BCUT2D eigenvalue weighted by molar-refractivity contribution is 0.321. The minimum absolute atomic E-state index is 0.166. The Kier molecular flexibility index (Phi) is 7.48. The molecule has 0 saturated carbocycles. The van der Waals surface area contributed by atoms with Crippen molar-refractivity contribution in [3.05, 3.63) is 50.7 Å². The van der Waals surface area contributed by atoms with Crippen molar-refractivity contribution in [2.45, 2.75) is 34.2 Å². The van der Waals surface area contributed by atoms with Crippen LogP contribution in [-0.4, -0.2) is 29.2 Å². The molecule has 0 aliphatic carbocycles. The van der Waals surface area contributed by atoms with Crippen LogP contribution in [0.2, 0.25) is 0 Å². The molecule has 2 aromatic rings. The maximum atomic E-state index is 12.6. The van der Waals surface area contributed by atoms with Gasteiger partial charge < -0.3 is 15.4 Å². The number of nitrogens with one attached hydrogen (secondary N) is 1. The highest BCUT2D eigenvalue weighted by atomic mass is 16.5. The van der Waals surface area contributed by atoms with Crippen molar-refractivity contribution < 1.29 is 4.74 Å². The van der Waals surface area contributed by atoms with Crippen LogP contribution in [0.15, 0.2) is 33.9 Å². The van der Waals surface area contributed by atoms with Gasteiger partial charge in [-0.25, -0.2) is 4.79 Å². The van der Waals surface area contributed by atoms with Crippen molar-refractivity contribution in [1.82, 2.24) is 9.55 Å². The number of nitrogens with two attached hydrogens (primary N) is 1. The van der Waals surface area contributed by atoms with E-state index in [0.29, 0.717) is 37.6 Å². The highest BCUT2D eigenvalue weighted by Crippen LogP contribution is 2.19. The van der Waals surface area contributed by atoms with Gasteiger partial charge in [0.1, 0.15) is 23.9 Å². The maximum absolute atomic E-state index is 12.6. The molecule has 0 unspecified atom stereocenters. The molecule has 0 atom stereocenters. The lowest BCUT2D eigenvalue weighted by Crippen LogP contribution is -2.41. The van der Waals surface area contributed by atoms with Crippen LogP contribution >= 0.6 is 0 Å². The number of nitrogens with zero attached hydrogens (tertiary/aromatic N) is 3. The van der Waals surface area contributed by atoms with E-state index in [2.05, 4.69) is 11.1 Å². The lowest BCUT2D eigenvalue weighted by Gasteiger charge is -2.28. The molecular weight excluding hydrogens is 370 g/mol. The number of anilines is 2. The third-order valence-corrected chi connectivity index (χ3v) is 4.26. The van der Waals surface area contributed by atoms with E-state index in [4.69, 9.17) is 15.7 Å². The number of aromatic amines is 1. The Morgan fingerprint density at radius 1 is 1.24 bits per heavy atom. The van der Waals surface area contributed by atoms with E-state index in [1.807, 2.05) is 32.6 Å². The molecule has 8 nitrogen and oxygen atoms in total. The van der Waals surface area contributed by atoms with Crippen LogP contribution < -0.4 is 26.6 Å². The normalized spacial score (nSPS) is 10.9. The van der Waals surface area contributed by atoms with Gasteiger partial charge in [-0.3, -0.25) is 14.3 Å². The highest BCUT2D eigenvalue weighted by Gasteiger charge is 2.20. The molecule has 0 radical (unpaired) electrons. The van der Waals surface area contributed by atoms with E-state index in [9.17, 15) is 9.59 Å². The number of nitriles is 1. The minimum atomic E-state index is -0.501. The number of hydrogen-bond acceptors (Lipinski definition) is 6. The highest BCUT2D eigenvalue weighted by molar-refractivity contribution is 5.62. The van der Waals surface area contributed by atoms with E-state index in [0.717, 1.165) is 0 Å². The Balaban J connectivity index is 2.29. The van der Waals surface area contributed by atoms with Crippen molar-refractivity contribution in [1.29, 1.82) is 5.26 Å². The van der Waals surface area contributed by atoms with Crippen molar-refractivity contribution in [3.8, 4) is 11.8 Å². The standard InChI is InChI=1S/C21H29N5O3/c1-14(2)12-25(8-9-29-17-7-5-6-16(10-17)11-22)18-19(23)26(13-15(3)4)21(28)24-20(18)27/h5-7,10,14-15H,8-9,12-13,23H2,1-4H3,(H,24,27,28). The third-order valence-electron chi connectivity index (χ3n) is 4.26. The fourth-order valence-corrected chi connectivity index (χ4v) is 3.09. The van der Waals surface area contributed by atoms with Gasteiger partial charge in [-0.1, -0.05) is 33.8 Å². The van der Waals surface area contributed by atoms with Gasteiger partial charge in [-0.05, 0) is 30.0 Å². The van der Waals surface area contributed by atoms with Gasteiger partial charge in [0.25, 0.3) is 5.56 Å². The Labute approximate surface area is 170 Å². The Morgan fingerprint density at radius 3 is 2.59 bits per heavy atom. The van der Waals surface area contributed by atoms with Gasteiger partial charge in [-0.2, -0.15) is 5.26 Å². The molecular formula is C21H29N5O3. The van der Waals surface area contributed by atoms with Gasteiger partial charge in [0, 0.05) is 13.1 Å². The fraction of sp³-hybridized carbons (Fsp3) is 0.476. The van der Waals surface area contributed by atoms with Crippen molar-refractivity contribution in [3.63, 3.8) is 0 Å². The second-order valence-corrected chi connectivity index (χ2v) is 7.83. The quantitative estimate of drug-likeness (QED) is 0.667. The predicted octanol–water partition coefficient (Wildman–Crippen LogP) is 2.19. The van der Waals surface area contributed by atoms with Crippen LogP contribution in [0.1, 0.15) is 33.3 Å². The number of nitrogen functional groups attached to an aromatic ring is 1. The van der Waals surface area contributed by atoms with Gasteiger partial charge in [0.2, 0.25) is 0 Å². The van der Waals surface area contributed by atoms with Crippen molar-refractivity contribution in [2.24, 2.45) is 11.8 Å². The molecule has 8 heteroatoms. The monoisotopic (exact) mass is 399 g/mol. The summed E-state index contributed by atoms with van der Waals surface area (Å²) in [5, 5.41) is 9.00. The maximum Gasteiger partial charge on any atom is 0.330 e. The summed E-state index contributed by atoms with van der Waals surface area (Å²) in [6, 6.07) is 8.97. The summed E-state index contributed by atoms with van der Waals surface area (Å²) in [4.78, 5) is 29.0. The lowest BCUT2D eigenvalue weighted by atomic mass is 10.2. The first-order valence-electron chi connectivity index (χ1n) is 9.73. The number of aromatic nitrogens is 2. The van der Waals surface area contributed by atoms with Crippen LogP contribution in [0, 0.1) is 23.2 Å². The van der Waals surface area contributed by atoms with Gasteiger partial charge >= 0.3 is 5.69 Å². The summed E-state index contributed by atoms with van der Waals surface area (Å²) >= 11 is 0. The average molecular weight is 399 g/mol. The summed E-state index contributed by atoms with van der Waals surface area (Å²) in [5.41, 5.74) is 6.06. The molecule has 0 amide bonds. The Hall–Kier alpha value is -3.21. The van der Waals surface area contributed by atoms with E-state index in [1.165, 1.54) is 4.57 Å². The molecule has 2 rings (SSSR count). The van der Waals surface area contributed by atoms with Crippen LogP contribution in [0.25, 0.3) is 0 Å². The van der Waals surface area contributed by atoms with E-state index >= 15 is 0 Å². The molecule has 0 saturated heterocycles. The molecule has 156 valence electrons. The molecule has 0 aliphatic rings. The molecule has 0 bridgehead atoms. The topological polar surface area (TPSA) is 117 Å². The molecule has 3 N–H and O–H groups in total. The van der Waals surface area contributed by atoms with Crippen LogP contribution in [0.4, 0.5) is 11.5 Å². The van der Waals surface area contributed by atoms with Crippen LogP contribution in [0.5, 0.6) is 5.75 Å². The van der Waals surface area contributed by atoms with Crippen LogP contribution in [0.3, 0.4) is 0 Å². The first kappa shape index (κ1) is 22.1. The smallest absolute Gasteiger partial charge is 0.330 e. The average Bonchev–Trinajstić information content (AvgIpc) is 2.64. The Morgan fingerprint density at radius 2 is 1.97 bits per heavy atom. The van der Waals surface area contributed by atoms with E-state index < -0.39 is 11.2 Å².